The van der Waals surface area contributed by atoms with Crippen LogP contribution in [0.3, 0.4) is 0 Å². The van der Waals surface area contributed by atoms with Gasteiger partial charge in [-0.2, -0.15) is 0 Å². The van der Waals surface area contributed by atoms with Crippen molar-refractivity contribution in [2.45, 2.75) is 37.0 Å². The van der Waals surface area contributed by atoms with E-state index >= 15 is 0 Å². The number of aryl methyl sites for hydroxylation is 2. The second kappa shape index (κ2) is 8.20. The van der Waals surface area contributed by atoms with Crippen LogP contribution in [-0.2, 0) is 22.9 Å². The summed E-state index contributed by atoms with van der Waals surface area (Å²) in [6.07, 6.45) is 5.36. The van der Waals surface area contributed by atoms with Crippen LogP contribution in [0.2, 0.25) is 0 Å². The number of thiophene rings is 1. The summed E-state index contributed by atoms with van der Waals surface area (Å²) in [7, 11) is -2.44. The van der Waals surface area contributed by atoms with Gasteiger partial charge in [-0.05, 0) is 61.6 Å². The van der Waals surface area contributed by atoms with E-state index in [4.69, 9.17) is 0 Å². The zero-order valence-corrected chi connectivity index (χ0v) is 16.5. The van der Waals surface area contributed by atoms with E-state index < -0.39 is 15.9 Å². The second-order valence-electron chi connectivity index (χ2n) is 6.28. The molecule has 1 aromatic carbocycles. The molecule has 2 aromatic rings. The van der Waals surface area contributed by atoms with E-state index in [9.17, 15) is 18.0 Å². The Balaban J connectivity index is 1.66. The fourth-order valence-corrected chi connectivity index (χ4v) is 4.93. The van der Waals surface area contributed by atoms with Crippen molar-refractivity contribution < 1.29 is 18.0 Å². The van der Waals surface area contributed by atoms with Gasteiger partial charge in [0.25, 0.3) is 21.8 Å². The molecule has 27 heavy (non-hydrogen) atoms. The van der Waals surface area contributed by atoms with Gasteiger partial charge in [-0.15, -0.1) is 16.2 Å². The van der Waals surface area contributed by atoms with Crippen molar-refractivity contribution in [2.24, 2.45) is 0 Å². The third-order valence-corrected chi connectivity index (χ3v) is 6.92. The molecule has 0 atom stereocenters. The van der Waals surface area contributed by atoms with Crippen LogP contribution in [0.5, 0.6) is 0 Å². The van der Waals surface area contributed by atoms with Crippen LogP contribution in [0, 0.1) is 0 Å². The first-order valence-electron chi connectivity index (χ1n) is 8.66. The lowest BCUT2D eigenvalue weighted by molar-refractivity contribution is 0.0946. The minimum atomic E-state index is -3.93. The maximum atomic E-state index is 12.3. The Kier molecular flexibility index (Phi) is 5.93. The van der Waals surface area contributed by atoms with Gasteiger partial charge in [-0.1, -0.05) is 6.42 Å². The first-order chi connectivity index (χ1) is 12.9. The maximum absolute atomic E-state index is 12.3. The largest absolute Gasteiger partial charge is 0.355 e. The highest BCUT2D eigenvalue weighted by Gasteiger charge is 2.19. The molecule has 0 radical (unpaired) electrons. The second-order valence-corrected chi connectivity index (χ2v) is 9.10. The molecular formula is C18H21N3O4S2. The van der Waals surface area contributed by atoms with Crippen molar-refractivity contribution >= 4 is 33.2 Å². The number of carbonyl (C=O) groups excluding carboxylic acids is 2. The minimum Gasteiger partial charge on any atom is -0.355 e. The zero-order chi connectivity index (χ0) is 19.4. The molecule has 0 bridgehead atoms. The van der Waals surface area contributed by atoms with E-state index in [1.165, 1.54) is 59.5 Å². The molecule has 0 spiro atoms. The number of amides is 2. The molecule has 0 saturated carbocycles. The monoisotopic (exact) mass is 407 g/mol. The highest BCUT2D eigenvalue weighted by Crippen LogP contribution is 2.28. The molecule has 0 aliphatic heterocycles. The summed E-state index contributed by atoms with van der Waals surface area (Å²) in [6, 6.07) is 7.29. The van der Waals surface area contributed by atoms with E-state index in [-0.39, 0.29) is 10.8 Å². The van der Waals surface area contributed by atoms with Crippen LogP contribution >= 0.6 is 11.3 Å². The molecule has 3 rings (SSSR count). The number of hydrogen-bond donors (Lipinski definition) is 3. The normalized spacial score (nSPS) is 14.1. The molecular weight excluding hydrogens is 386 g/mol. The Morgan fingerprint density at radius 1 is 1.00 bits per heavy atom. The number of benzene rings is 1. The van der Waals surface area contributed by atoms with Gasteiger partial charge >= 0.3 is 0 Å². The molecule has 1 heterocycles. The van der Waals surface area contributed by atoms with Crippen LogP contribution in [0.4, 0.5) is 0 Å². The van der Waals surface area contributed by atoms with Gasteiger partial charge < -0.3 is 5.32 Å². The van der Waals surface area contributed by atoms with Crippen LogP contribution in [0.25, 0.3) is 0 Å². The van der Waals surface area contributed by atoms with Gasteiger partial charge in [0.15, 0.2) is 0 Å². The van der Waals surface area contributed by atoms with Gasteiger partial charge in [0.05, 0.1) is 9.77 Å². The van der Waals surface area contributed by atoms with Crippen molar-refractivity contribution in [3.05, 3.63) is 51.2 Å². The Labute approximate surface area is 162 Å². The molecule has 7 nitrogen and oxygen atoms in total. The number of carbonyl (C=O) groups is 2. The fraction of sp³-hybridized carbons (Fsp3) is 0.333. The molecule has 1 aliphatic rings. The lowest BCUT2D eigenvalue weighted by Gasteiger charge is -2.08. The van der Waals surface area contributed by atoms with Gasteiger partial charge in [0, 0.05) is 17.5 Å². The van der Waals surface area contributed by atoms with E-state index in [2.05, 4.69) is 15.6 Å². The maximum Gasteiger partial charge on any atom is 0.276 e. The number of fused-ring (bicyclic) bond motifs is 1. The minimum absolute atomic E-state index is 0.0441. The Morgan fingerprint density at radius 3 is 2.41 bits per heavy atom. The van der Waals surface area contributed by atoms with Gasteiger partial charge in [0.1, 0.15) is 0 Å². The van der Waals surface area contributed by atoms with Crippen LogP contribution in [-0.4, -0.2) is 27.3 Å². The van der Waals surface area contributed by atoms with Crippen molar-refractivity contribution in [1.29, 1.82) is 0 Å². The van der Waals surface area contributed by atoms with Gasteiger partial charge in [0.2, 0.25) is 0 Å². The highest BCUT2D eigenvalue weighted by molar-refractivity contribution is 7.89. The third kappa shape index (κ3) is 4.55. The van der Waals surface area contributed by atoms with Crippen LogP contribution in [0.15, 0.2) is 35.2 Å². The first kappa shape index (κ1) is 19.5. The average Bonchev–Trinajstić information content (AvgIpc) is 2.96. The van der Waals surface area contributed by atoms with Crippen molar-refractivity contribution in [3.8, 4) is 0 Å². The number of hydrazine groups is 1. The quantitative estimate of drug-likeness (QED) is 0.521. The fourth-order valence-electron chi connectivity index (χ4n) is 2.94. The standard InChI is InChI=1S/C18H21N3O4S2/c1-19-17(22)12-7-9-14(10-8-12)27(24,25)21-20-18(23)16-11-13-5-3-2-4-6-15(13)26-16/h7-11,21H,2-6H2,1H3,(H,19,22)(H,20,23). The summed E-state index contributed by atoms with van der Waals surface area (Å²) in [5.74, 6) is -0.781. The summed E-state index contributed by atoms with van der Waals surface area (Å²) in [4.78, 5) is 27.6. The summed E-state index contributed by atoms with van der Waals surface area (Å²) in [6.45, 7) is 0. The number of sulfonamides is 1. The molecule has 3 N–H and O–H groups in total. The molecule has 0 saturated heterocycles. The van der Waals surface area contributed by atoms with Gasteiger partial charge in [-0.25, -0.2) is 8.42 Å². The van der Waals surface area contributed by atoms with Crippen molar-refractivity contribution in [2.75, 3.05) is 7.05 Å². The smallest absolute Gasteiger partial charge is 0.276 e. The number of nitrogens with one attached hydrogen (secondary N) is 3. The highest BCUT2D eigenvalue weighted by atomic mass is 32.2. The Morgan fingerprint density at radius 2 is 1.70 bits per heavy atom. The SMILES string of the molecule is CNC(=O)c1ccc(S(=O)(=O)NNC(=O)c2cc3c(s2)CCCCC3)cc1. The predicted octanol–water partition coefficient (Wildman–Crippen LogP) is 2.00. The summed E-state index contributed by atoms with van der Waals surface area (Å²) in [5, 5.41) is 2.46. The third-order valence-electron chi connectivity index (χ3n) is 4.42. The van der Waals surface area contributed by atoms with E-state index in [0.717, 1.165) is 25.7 Å². The van der Waals surface area contributed by atoms with Crippen molar-refractivity contribution in [1.82, 2.24) is 15.6 Å². The molecule has 0 unspecified atom stereocenters. The molecule has 1 aliphatic carbocycles. The van der Waals surface area contributed by atoms with Gasteiger partial charge in [-0.3, -0.25) is 15.0 Å². The lowest BCUT2D eigenvalue weighted by atomic mass is 10.1. The number of hydrogen-bond acceptors (Lipinski definition) is 5. The van der Waals surface area contributed by atoms with E-state index in [0.29, 0.717) is 10.4 Å². The summed E-state index contributed by atoms with van der Waals surface area (Å²) < 4.78 is 24.7. The Bertz CT molecular complexity index is 926. The molecule has 9 heteroatoms. The topological polar surface area (TPSA) is 104 Å². The molecule has 144 valence electrons. The van der Waals surface area contributed by atoms with Crippen LogP contribution < -0.4 is 15.6 Å². The molecule has 0 fully saturated rings. The summed E-state index contributed by atoms with van der Waals surface area (Å²) in [5.41, 5.74) is 3.80. The number of rotatable bonds is 5. The lowest BCUT2D eigenvalue weighted by Crippen LogP contribution is -2.41. The Hall–Kier alpha value is -2.23. The molecule has 1 aromatic heterocycles. The van der Waals surface area contributed by atoms with Crippen molar-refractivity contribution in [3.63, 3.8) is 0 Å². The predicted molar refractivity (Wildman–Crippen MR) is 103 cm³/mol. The van der Waals surface area contributed by atoms with E-state index in [1.807, 2.05) is 6.07 Å². The summed E-state index contributed by atoms with van der Waals surface area (Å²) >= 11 is 1.42. The first-order valence-corrected chi connectivity index (χ1v) is 11.0. The zero-order valence-electron chi connectivity index (χ0n) is 14.9. The molecule has 2 amide bonds. The van der Waals surface area contributed by atoms with Crippen LogP contribution in [0.1, 0.15) is 49.7 Å². The average molecular weight is 408 g/mol. The van der Waals surface area contributed by atoms with E-state index in [1.54, 1.807) is 0 Å².